The second-order valence-electron chi connectivity index (χ2n) is 6.71. The topological polar surface area (TPSA) is 42.0 Å². The maximum atomic E-state index is 12.2. The van der Waals surface area contributed by atoms with E-state index in [1.54, 1.807) is 6.08 Å². The standard InChI is InChI=1S/C25H20N2OS/c1-18-7-9-19(10-8-18)11-16-24(28)27-25-26-23(17-29-25)22-14-12-21(13-15-22)20-5-3-2-4-6-20/h2-17H,1H3,(H,26,27,28)/b16-11+. The van der Waals surface area contributed by atoms with Crippen LogP contribution in [0.1, 0.15) is 11.1 Å². The van der Waals surface area contributed by atoms with Gasteiger partial charge < -0.3 is 0 Å². The largest absolute Gasteiger partial charge is 0.298 e. The highest BCUT2D eigenvalue weighted by atomic mass is 32.1. The van der Waals surface area contributed by atoms with E-state index in [0.29, 0.717) is 5.13 Å². The lowest BCUT2D eigenvalue weighted by Gasteiger charge is -2.03. The van der Waals surface area contributed by atoms with Crippen molar-refractivity contribution in [1.29, 1.82) is 0 Å². The van der Waals surface area contributed by atoms with Crippen molar-refractivity contribution in [3.05, 3.63) is 101 Å². The van der Waals surface area contributed by atoms with Gasteiger partial charge in [0.1, 0.15) is 0 Å². The van der Waals surface area contributed by atoms with Crippen molar-refractivity contribution in [2.75, 3.05) is 5.32 Å². The Bertz CT molecular complexity index is 1130. The Balaban J connectivity index is 1.41. The fourth-order valence-corrected chi connectivity index (χ4v) is 3.65. The van der Waals surface area contributed by atoms with Crippen LogP contribution in [-0.4, -0.2) is 10.9 Å². The predicted octanol–water partition coefficient (Wildman–Crippen LogP) is 6.44. The van der Waals surface area contributed by atoms with E-state index in [9.17, 15) is 4.79 Å². The molecule has 4 aromatic rings. The lowest BCUT2D eigenvalue weighted by molar-refractivity contribution is -0.111. The minimum absolute atomic E-state index is 0.189. The van der Waals surface area contributed by atoms with Crippen LogP contribution in [0.2, 0.25) is 0 Å². The van der Waals surface area contributed by atoms with Crippen molar-refractivity contribution in [3.63, 3.8) is 0 Å². The number of carbonyl (C=O) groups is 1. The van der Waals surface area contributed by atoms with Crippen LogP contribution < -0.4 is 5.32 Å². The zero-order valence-corrected chi connectivity index (χ0v) is 16.8. The molecule has 0 aliphatic heterocycles. The first-order valence-corrected chi connectivity index (χ1v) is 10.2. The van der Waals surface area contributed by atoms with E-state index in [2.05, 4.69) is 46.7 Å². The molecule has 3 nitrogen and oxygen atoms in total. The van der Waals surface area contributed by atoms with Gasteiger partial charge in [-0.05, 0) is 29.7 Å². The molecule has 0 aliphatic carbocycles. The number of aromatic nitrogens is 1. The van der Waals surface area contributed by atoms with E-state index >= 15 is 0 Å². The second kappa shape index (κ2) is 8.67. The SMILES string of the molecule is Cc1ccc(/C=C/C(=O)Nc2nc(-c3ccc(-c4ccccc4)cc3)cs2)cc1. The first-order chi connectivity index (χ1) is 14.2. The van der Waals surface area contributed by atoms with Gasteiger partial charge >= 0.3 is 0 Å². The van der Waals surface area contributed by atoms with Crippen molar-refractivity contribution < 1.29 is 4.79 Å². The summed E-state index contributed by atoms with van der Waals surface area (Å²) in [6, 6.07) is 26.6. The first kappa shape index (κ1) is 18.8. The highest BCUT2D eigenvalue weighted by molar-refractivity contribution is 7.14. The molecule has 0 fully saturated rings. The molecular weight excluding hydrogens is 376 g/mol. The number of rotatable bonds is 5. The molecule has 0 saturated heterocycles. The van der Waals surface area contributed by atoms with E-state index in [1.807, 2.05) is 54.8 Å². The number of hydrogen-bond donors (Lipinski definition) is 1. The molecule has 0 spiro atoms. The fraction of sp³-hybridized carbons (Fsp3) is 0.0400. The molecule has 1 N–H and O–H groups in total. The lowest BCUT2D eigenvalue weighted by Crippen LogP contribution is -2.07. The summed E-state index contributed by atoms with van der Waals surface area (Å²) in [5, 5.41) is 5.38. The highest BCUT2D eigenvalue weighted by Gasteiger charge is 2.07. The Morgan fingerprint density at radius 3 is 2.24 bits per heavy atom. The summed E-state index contributed by atoms with van der Waals surface area (Å²) >= 11 is 1.42. The summed E-state index contributed by atoms with van der Waals surface area (Å²) in [5.41, 5.74) is 6.41. The van der Waals surface area contributed by atoms with Crippen LogP contribution in [0.4, 0.5) is 5.13 Å². The molecule has 4 heteroatoms. The number of aryl methyl sites for hydroxylation is 1. The average Bonchev–Trinajstić information content (AvgIpc) is 3.22. The number of anilines is 1. The number of carbonyl (C=O) groups excluding carboxylic acids is 1. The van der Waals surface area contributed by atoms with Crippen LogP contribution in [0.25, 0.3) is 28.5 Å². The number of hydrogen-bond acceptors (Lipinski definition) is 3. The molecule has 0 radical (unpaired) electrons. The minimum Gasteiger partial charge on any atom is -0.298 e. The summed E-state index contributed by atoms with van der Waals surface area (Å²) < 4.78 is 0. The fourth-order valence-electron chi connectivity index (χ4n) is 2.92. The van der Waals surface area contributed by atoms with Gasteiger partial charge in [0, 0.05) is 17.0 Å². The molecule has 0 aliphatic rings. The van der Waals surface area contributed by atoms with Crippen LogP contribution in [0.15, 0.2) is 90.3 Å². The molecule has 3 aromatic carbocycles. The van der Waals surface area contributed by atoms with Crippen LogP contribution in [0.5, 0.6) is 0 Å². The molecule has 0 saturated carbocycles. The Kier molecular flexibility index (Phi) is 5.63. The Morgan fingerprint density at radius 1 is 0.862 bits per heavy atom. The third kappa shape index (κ3) is 4.86. The Morgan fingerprint density at radius 2 is 1.52 bits per heavy atom. The summed E-state index contributed by atoms with van der Waals surface area (Å²) in [6.07, 6.45) is 3.33. The molecule has 142 valence electrons. The van der Waals surface area contributed by atoms with Gasteiger partial charge in [0.05, 0.1) is 5.69 Å². The molecule has 1 heterocycles. The molecule has 1 aromatic heterocycles. The van der Waals surface area contributed by atoms with Crippen molar-refractivity contribution in [2.45, 2.75) is 6.92 Å². The van der Waals surface area contributed by atoms with Crippen molar-refractivity contribution in [1.82, 2.24) is 4.98 Å². The molecule has 0 atom stereocenters. The number of thiazole rings is 1. The average molecular weight is 397 g/mol. The van der Waals surface area contributed by atoms with Crippen LogP contribution >= 0.6 is 11.3 Å². The highest BCUT2D eigenvalue weighted by Crippen LogP contribution is 2.27. The van der Waals surface area contributed by atoms with Gasteiger partial charge in [0.2, 0.25) is 5.91 Å². The Labute approximate surface area is 174 Å². The van der Waals surface area contributed by atoms with Gasteiger partial charge in [-0.15, -0.1) is 11.3 Å². The van der Waals surface area contributed by atoms with E-state index in [4.69, 9.17) is 0 Å². The zero-order chi connectivity index (χ0) is 20.1. The Hall–Kier alpha value is -3.50. The molecule has 0 unspecified atom stereocenters. The van der Waals surface area contributed by atoms with Gasteiger partial charge in [-0.1, -0.05) is 84.4 Å². The van der Waals surface area contributed by atoms with Crippen LogP contribution in [0, 0.1) is 6.92 Å². The maximum absolute atomic E-state index is 12.2. The van der Waals surface area contributed by atoms with Gasteiger partial charge in [0.15, 0.2) is 5.13 Å². The summed E-state index contributed by atoms with van der Waals surface area (Å²) in [7, 11) is 0. The normalized spacial score (nSPS) is 10.9. The van der Waals surface area contributed by atoms with Gasteiger partial charge in [-0.3, -0.25) is 10.1 Å². The molecule has 29 heavy (non-hydrogen) atoms. The summed E-state index contributed by atoms with van der Waals surface area (Å²) in [5.74, 6) is -0.189. The number of amides is 1. The van der Waals surface area contributed by atoms with E-state index in [-0.39, 0.29) is 5.91 Å². The maximum Gasteiger partial charge on any atom is 0.250 e. The predicted molar refractivity (Wildman–Crippen MR) is 122 cm³/mol. The summed E-state index contributed by atoms with van der Waals surface area (Å²) in [6.45, 7) is 2.04. The van der Waals surface area contributed by atoms with Crippen molar-refractivity contribution in [2.24, 2.45) is 0 Å². The minimum atomic E-state index is -0.189. The summed E-state index contributed by atoms with van der Waals surface area (Å²) in [4.78, 5) is 16.7. The number of nitrogens with zero attached hydrogens (tertiary/aromatic N) is 1. The van der Waals surface area contributed by atoms with Crippen LogP contribution in [0.3, 0.4) is 0 Å². The van der Waals surface area contributed by atoms with E-state index in [0.717, 1.165) is 16.8 Å². The third-order valence-corrected chi connectivity index (χ3v) is 5.28. The third-order valence-electron chi connectivity index (χ3n) is 4.53. The van der Waals surface area contributed by atoms with Gasteiger partial charge in [-0.25, -0.2) is 4.98 Å². The second-order valence-corrected chi connectivity index (χ2v) is 7.57. The molecule has 1 amide bonds. The van der Waals surface area contributed by atoms with Crippen molar-refractivity contribution >= 4 is 28.5 Å². The number of benzene rings is 3. The van der Waals surface area contributed by atoms with Crippen LogP contribution in [-0.2, 0) is 4.79 Å². The van der Waals surface area contributed by atoms with E-state index in [1.165, 1.54) is 34.1 Å². The number of nitrogens with one attached hydrogen (secondary N) is 1. The lowest BCUT2D eigenvalue weighted by atomic mass is 10.0. The molecule has 4 rings (SSSR count). The van der Waals surface area contributed by atoms with E-state index < -0.39 is 0 Å². The zero-order valence-electron chi connectivity index (χ0n) is 16.0. The molecule has 0 bridgehead atoms. The quantitative estimate of drug-likeness (QED) is 0.395. The van der Waals surface area contributed by atoms with Gasteiger partial charge in [0.25, 0.3) is 0 Å². The first-order valence-electron chi connectivity index (χ1n) is 9.34. The monoisotopic (exact) mass is 396 g/mol. The van der Waals surface area contributed by atoms with Gasteiger partial charge in [-0.2, -0.15) is 0 Å². The molecular formula is C25H20N2OS. The van der Waals surface area contributed by atoms with Crippen molar-refractivity contribution in [3.8, 4) is 22.4 Å². The smallest absolute Gasteiger partial charge is 0.250 e.